The topological polar surface area (TPSA) is 77.3 Å². The van der Waals surface area contributed by atoms with E-state index in [1.807, 2.05) is 12.1 Å². The molecule has 2 rings (SSSR count). The summed E-state index contributed by atoms with van der Waals surface area (Å²) in [6, 6.07) is 7.26. The zero-order chi connectivity index (χ0) is 11.4. The van der Waals surface area contributed by atoms with Crippen molar-refractivity contribution in [2.45, 2.75) is 0 Å². The summed E-state index contributed by atoms with van der Waals surface area (Å²) in [6.07, 6.45) is 1.28. The van der Waals surface area contributed by atoms with Crippen LogP contribution in [0.15, 0.2) is 40.1 Å². The van der Waals surface area contributed by atoms with Gasteiger partial charge in [0.15, 0.2) is 0 Å². The lowest BCUT2D eigenvalue weighted by Gasteiger charge is -1.97. The van der Waals surface area contributed by atoms with Crippen LogP contribution in [0.3, 0.4) is 0 Å². The Kier molecular flexibility index (Phi) is 3.16. The molecule has 16 heavy (non-hydrogen) atoms. The van der Waals surface area contributed by atoms with Gasteiger partial charge >= 0.3 is 0 Å². The Balaban J connectivity index is 2.23. The maximum Gasteiger partial charge on any atom is 0.247 e. The first-order valence-electron chi connectivity index (χ1n) is 4.55. The van der Waals surface area contributed by atoms with E-state index in [9.17, 15) is 0 Å². The van der Waals surface area contributed by atoms with Crippen LogP contribution in [-0.4, -0.2) is 21.9 Å². The van der Waals surface area contributed by atoms with Gasteiger partial charge in [0.1, 0.15) is 5.84 Å². The van der Waals surface area contributed by atoms with Gasteiger partial charge in [-0.2, -0.15) is 0 Å². The number of benzene rings is 1. The summed E-state index contributed by atoms with van der Waals surface area (Å²) < 4.78 is 5.06. The zero-order valence-corrected chi connectivity index (χ0v) is 9.05. The molecule has 2 N–H and O–H groups in total. The van der Waals surface area contributed by atoms with E-state index < -0.39 is 0 Å². The minimum Gasteiger partial charge on any atom is -0.423 e. The molecule has 0 bridgehead atoms. The van der Waals surface area contributed by atoms with Crippen molar-refractivity contribution < 1.29 is 4.42 Å². The van der Waals surface area contributed by atoms with Crippen LogP contribution in [0.4, 0.5) is 5.69 Å². The second-order valence-corrected chi connectivity index (χ2v) is 3.29. The molecular weight excluding hydrogens is 228 g/mol. The summed E-state index contributed by atoms with van der Waals surface area (Å²) in [5.41, 5.74) is 7.09. The number of nitrogens with two attached hydrogens (primary N) is 1. The standard InChI is InChI=1S/C10H9ClN4O/c11-5-9(12)14-8-3-1-7(2-4-8)10-15-13-6-16-10/h1-4,6H,5H2,(H2,12,14). The fourth-order valence-electron chi connectivity index (χ4n) is 1.17. The van der Waals surface area contributed by atoms with E-state index >= 15 is 0 Å². The molecule has 1 aromatic carbocycles. The molecule has 2 aromatic rings. The second-order valence-electron chi connectivity index (χ2n) is 3.03. The van der Waals surface area contributed by atoms with E-state index in [0.717, 1.165) is 11.3 Å². The van der Waals surface area contributed by atoms with Gasteiger partial charge in [-0.05, 0) is 24.3 Å². The van der Waals surface area contributed by atoms with Crippen LogP contribution in [0.2, 0.25) is 0 Å². The molecule has 0 aliphatic heterocycles. The molecule has 0 radical (unpaired) electrons. The monoisotopic (exact) mass is 236 g/mol. The minimum atomic E-state index is 0.214. The van der Waals surface area contributed by atoms with E-state index in [2.05, 4.69) is 15.2 Å². The molecule has 0 atom stereocenters. The highest BCUT2D eigenvalue weighted by atomic mass is 35.5. The molecule has 0 saturated heterocycles. The number of hydrogen-bond donors (Lipinski definition) is 1. The van der Waals surface area contributed by atoms with Gasteiger partial charge in [-0.1, -0.05) is 0 Å². The van der Waals surface area contributed by atoms with Gasteiger partial charge in [0, 0.05) is 5.56 Å². The van der Waals surface area contributed by atoms with Gasteiger partial charge in [-0.15, -0.1) is 21.8 Å². The van der Waals surface area contributed by atoms with Crippen LogP contribution < -0.4 is 5.73 Å². The predicted octanol–water partition coefficient (Wildman–Crippen LogP) is 1.96. The first-order chi connectivity index (χ1) is 7.79. The van der Waals surface area contributed by atoms with Crippen molar-refractivity contribution in [2.75, 3.05) is 5.88 Å². The second kappa shape index (κ2) is 4.76. The van der Waals surface area contributed by atoms with Crippen molar-refractivity contribution >= 4 is 23.1 Å². The fourth-order valence-corrected chi connectivity index (χ4v) is 1.23. The van der Waals surface area contributed by atoms with Crippen molar-refractivity contribution in [2.24, 2.45) is 10.7 Å². The van der Waals surface area contributed by atoms with Crippen molar-refractivity contribution in [3.05, 3.63) is 30.7 Å². The molecule has 0 amide bonds. The molecular formula is C10H9ClN4O. The van der Waals surface area contributed by atoms with Crippen molar-refractivity contribution in [3.63, 3.8) is 0 Å². The summed E-state index contributed by atoms with van der Waals surface area (Å²) in [5.74, 6) is 1.07. The molecule has 82 valence electrons. The van der Waals surface area contributed by atoms with E-state index in [-0.39, 0.29) is 5.88 Å². The smallest absolute Gasteiger partial charge is 0.247 e. The summed E-state index contributed by atoms with van der Waals surface area (Å²) in [4.78, 5) is 4.10. The summed E-state index contributed by atoms with van der Waals surface area (Å²) >= 11 is 5.53. The lowest BCUT2D eigenvalue weighted by molar-refractivity contribution is 0.568. The number of amidine groups is 1. The van der Waals surface area contributed by atoms with Gasteiger partial charge < -0.3 is 10.2 Å². The first-order valence-corrected chi connectivity index (χ1v) is 5.08. The Morgan fingerprint density at radius 1 is 1.38 bits per heavy atom. The molecule has 1 aromatic heterocycles. The number of halogens is 1. The summed E-state index contributed by atoms with van der Waals surface area (Å²) in [5, 5.41) is 7.40. The minimum absolute atomic E-state index is 0.214. The molecule has 5 nitrogen and oxygen atoms in total. The van der Waals surface area contributed by atoms with Gasteiger partial charge in [-0.25, -0.2) is 4.99 Å². The molecule has 0 unspecified atom stereocenters. The molecule has 0 fully saturated rings. The highest BCUT2D eigenvalue weighted by Crippen LogP contribution is 2.20. The third kappa shape index (κ3) is 2.38. The zero-order valence-electron chi connectivity index (χ0n) is 8.30. The van der Waals surface area contributed by atoms with Crippen molar-refractivity contribution in [1.82, 2.24) is 10.2 Å². The third-order valence-corrected chi connectivity index (χ3v) is 2.16. The first kappa shape index (κ1) is 10.6. The van der Waals surface area contributed by atoms with Crippen LogP contribution in [0.5, 0.6) is 0 Å². The Bertz CT molecular complexity index is 478. The number of hydrogen-bond acceptors (Lipinski definition) is 4. The van der Waals surface area contributed by atoms with Gasteiger partial charge in [0.05, 0.1) is 11.6 Å². The van der Waals surface area contributed by atoms with Crippen molar-refractivity contribution in [3.8, 4) is 11.5 Å². The average molecular weight is 237 g/mol. The Morgan fingerprint density at radius 2 is 2.12 bits per heavy atom. The maximum absolute atomic E-state index is 5.53. The largest absolute Gasteiger partial charge is 0.423 e. The normalized spacial score (nSPS) is 11.7. The highest BCUT2D eigenvalue weighted by Gasteiger charge is 2.02. The number of aliphatic imine (C=N–C) groups is 1. The van der Waals surface area contributed by atoms with E-state index in [4.69, 9.17) is 21.8 Å². The Labute approximate surface area is 97.0 Å². The van der Waals surface area contributed by atoms with E-state index in [0.29, 0.717) is 11.7 Å². The number of alkyl halides is 1. The SMILES string of the molecule is NC(CCl)=Nc1ccc(-c2nnco2)cc1. The van der Waals surface area contributed by atoms with Crippen LogP contribution in [-0.2, 0) is 0 Å². The van der Waals surface area contributed by atoms with Crippen LogP contribution in [0.1, 0.15) is 0 Å². The Morgan fingerprint density at radius 3 is 2.69 bits per heavy atom. The predicted molar refractivity (Wildman–Crippen MR) is 61.7 cm³/mol. The molecule has 0 saturated carbocycles. The van der Waals surface area contributed by atoms with Crippen LogP contribution in [0, 0.1) is 0 Å². The molecule has 0 spiro atoms. The number of nitrogens with zero attached hydrogens (tertiary/aromatic N) is 3. The average Bonchev–Trinajstić information content (AvgIpc) is 2.83. The van der Waals surface area contributed by atoms with Crippen molar-refractivity contribution in [1.29, 1.82) is 0 Å². The van der Waals surface area contributed by atoms with Gasteiger partial charge in [-0.3, -0.25) is 0 Å². The number of aromatic nitrogens is 2. The maximum atomic E-state index is 5.53. The van der Waals surface area contributed by atoms with Crippen LogP contribution >= 0.6 is 11.6 Å². The lowest BCUT2D eigenvalue weighted by atomic mass is 10.2. The van der Waals surface area contributed by atoms with Gasteiger partial charge in [0.25, 0.3) is 0 Å². The molecule has 0 aliphatic carbocycles. The quantitative estimate of drug-likeness (QED) is 0.502. The summed E-state index contributed by atoms with van der Waals surface area (Å²) in [6.45, 7) is 0. The molecule has 0 aliphatic rings. The third-order valence-electron chi connectivity index (χ3n) is 1.88. The van der Waals surface area contributed by atoms with E-state index in [1.54, 1.807) is 12.1 Å². The van der Waals surface area contributed by atoms with Gasteiger partial charge in [0.2, 0.25) is 12.3 Å². The number of rotatable bonds is 3. The molecule has 1 heterocycles. The fraction of sp³-hybridized carbons (Fsp3) is 0.100. The lowest BCUT2D eigenvalue weighted by Crippen LogP contribution is -2.12. The highest BCUT2D eigenvalue weighted by molar-refractivity contribution is 6.28. The van der Waals surface area contributed by atoms with Crippen LogP contribution in [0.25, 0.3) is 11.5 Å². The molecule has 6 heteroatoms. The Hall–Kier alpha value is -1.88. The van der Waals surface area contributed by atoms with E-state index in [1.165, 1.54) is 6.39 Å². The summed E-state index contributed by atoms with van der Waals surface area (Å²) in [7, 11) is 0.